The molecule has 0 bridgehead atoms. The number of fused-ring (bicyclic) bond motifs is 2. The second kappa shape index (κ2) is 23.2. The van der Waals surface area contributed by atoms with Gasteiger partial charge in [0, 0.05) is 44.7 Å². The van der Waals surface area contributed by atoms with Gasteiger partial charge in [-0.1, -0.05) is 115 Å². The number of carbonyl (C=O) groups excluding carboxylic acids is 4. The van der Waals surface area contributed by atoms with Crippen molar-refractivity contribution in [2.45, 2.75) is 56.3 Å². The molecule has 4 atom stereocenters. The van der Waals surface area contributed by atoms with Crippen LogP contribution in [0.25, 0.3) is 21.8 Å². The molecule has 1 heterocycles. The number of hydrogen-bond donors (Lipinski definition) is 8. The van der Waals surface area contributed by atoms with Crippen molar-refractivity contribution in [1.29, 1.82) is 0 Å². The van der Waals surface area contributed by atoms with E-state index in [0.29, 0.717) is 27.9 Å². The van der Waals surface area contributed by atoms with E-state index in [2.05, 4.69) is 41.4 Å². The molecule has 366 valence electrons. The summed E-state index contributed by atoms with van der Waals surface area (Å²) in [5, 5.41) is 44.7. The zero-order valence-electron chi connectivity index (χ0n) is 37.5. The summed E-state index contributed by atoms with van der Waals surface area (Å²) in [6.07, 6.45) is -0.575. The number of nitro benzene ring substituents is 1. The number of rotatable bonds is 23. The Morgan fingerprint density at radius 1 is 0.606 bits per heavy atom. The highest BCUT2D eigenvalue weighted by Gasteiger charge is 2.32. The zero-order valence-corrected chi connectivity index (χ0v) is 38.4. The summed E-state index contributed by atoms with van der Waals surface area (Å²) in [5.41, 5.74) is 2.34. The first kappa shape index (κ1) is 50.4. The second-order valence-electron chi connectivity index (χ2n) is 16.4. The second-order valence-corrected chi connectivity index (χ2v) is 17.5. The Morgan fingerprint density at radius 2 is 1.10 bits per heavy atom. The number of phosphoric ester groups is 1. The maximum Gasteiger partial charge on any atom is 0.524 e. The molecule has 6 aromatic carbocycles. The van der Waals surface area contributed by atoms with Gasteiger partial charge in [-0.15, -0.1) is 0 Å². The van der Waals surface area contributed by atoms with Crippen LogP contribution >= 0.6 is 7.82 Å². The van der Waals surface area contributed by atoms with E-state index in [4.69, 9.17) is 14.4 Å². The van der Waals surface area contributed by atoms with E-state index in [1.165, 1.54) is 36.4 Å². The number of nitrogens with zero attached hydrogens (tertiary/aromatic N) is 3. The summed E-state index contributed by atoms with van der Waals surface area (Å²) in [5.74, 6) is -4.50. The van der Waals surface area contributed by atoms with Crippen LogP contribution in [-0.4, -0.2) is 90.4 Å². The van der Waals surface area contributed by atoms with Gasteiger partial charge in [0.2, 0.25) is 29.1 Å². The number of phosphoric acid groups is 1. The number of anilines is 1. The first-order valence-corrected chi connectivity index (χ1v) is 23.6. The minimum atomic E-state index is -4.85. The van der Waals surface area contributed by atoms with Crippen LogP contribution in [-0.2, 0) is 54.2 Å². The van der Waals surface area contributed by atoms with Crippen molar-refractivity contribution < 1.29 is 57.5 Å². The summed E-state index contributed by atoms with van der Waals surface area (Å²) < 4.78 is 20.6. The van der Waals surface area contributed by atoms with Gasteiger partial charge in [-0.05, 0) is 61.5 Å². The Bertz CT molecular complexity index is 3080. The molecule has 0 unspecified atom stereocenters. The van der Waals surface area contributed by atoms with E-state index in [-0.39, 0.29) is 61.1 Å². The smallest absolute Gasteiger partial charge is 0.480 e. The van der Waals surface area contributed by atoms with Crippen LogP contribution in [0.1, 0.15) is 28.7 Å². The fourth-order valence-corrected chi connectivity index (χ4v) is 8.12. The minimum absolute atomic E-state index is 0.00185. The van der Waals surface area contributed by atoms with Crippen LogP contribution in [0.3, 0.4) is 0 Å². The third-order valence-electron chi connectivity index (χ3n) is 11.2. The van der Waals surface area contributed by atoms with Crippen molar-refractivity contribution in [1.82, 2.24) is 31.6 Å². The van der Waals surface area contributed by atoms with E-state index in [1.54, 1.807) is 60.7 Å². The molecule has 0 fully saturated rings. The predicted octanol–water partition coefficient (Wildman–Crippen LogP) is 4.55. The maximum absolute atomic E-state index is 14.6. The molecule has 0 aliphatic rings. The number of nitrogens with one attached hydrogen (secondary N) is 5. The number of aromatic nitrogens is 2. The van der Waals surface area contributed by atoms with E-state index in [1.807, 2.05) is 42.5 Å². The Morgan fingerprint density at radius 3 is 1.68 bits per heavy atom. The van der Waals surface area contributed by atoms with Gasteiger partial charge in [0.1, 0.15) is 29.9 Å². The first-order valence-electron chi connectivity index (χ1n) is 22.0. The number of benzene rings is 6. The summed E-state index contributed by atoms with van der Waals surface area (Å²) in [4.78, 5) is 98.5. The molecule has 0 saturated heterocycles. The van der Waals surface area contributed by atoms with Crippen LogP contribution in [0, 0.1) is 10.1 Å². The SMILES string of the molecule is O=C(CCNc1ccc([N+](=O)[O-])c2nonc12)N[C@H](Cc1ccc2ccccc2c1)C(=O)N[C@H](Cc1ccccc1)C(=O)N[C@H](Cc1ccccc1)C(=O)N[C@H](Cc1ccc(OP(=O)(O)O)cc1)C(=O)O. The highest BCUT2D eigenvalue weighted by molar-refractivity contribution is 7.46. The molecule has 71 heavy (non-hydrogen) atoms. The molecule has 7 aromatic rings. The fraction of sp³-hybridized carbons (Fsp3) is 0.204. The van der Waals surface area contributed by atoms with E-state index in [0.717, 1.165) is 10.8 Å². The summed E-state index contributed by atoms with van der Waals surface area (Å²) in [6, 6.07) is 33.0. The van der Waals surface area contributed by atoms with E-state index in [9.17, 15) is 43.8 Å². The molecule has 1 aromatic heterocycles. The number of amides is 4. The topological polar surface area (TPSA) is 315 Å². The predicted molar refractivity (Wildman–Crippen MR) is 258 cm³/mol. The molecule has 21 nitrogen and oxygen atoms in total. The van der Waals surface area contributed by atoms with E-state index < -0.39 is 66.5 Å². The average Bonchev–Trinajstić information content (AvgIpc) is 3.84. The molecule has 0 spiro atoms. The molecule has 4 amide bonds. The standard InChI is InChI=1S/C49H47N8O13P/c58-43(23-24-50-37-21-22-42(57(64)65)45-44(37)55-70-56-45)51-38(29-33-15-18-34-13-7-8-14-35(34)25-33)46(59)52-39(26-30-9-3-1-4-10-30)47(60)53-40(27-31-11-5-2-6-12-31)48(61)54-41(49(62)63)28-32-16-19-36(20-17-32)69-71(66,67)68/h1-22,25,38-41,50H,23-24,26-29H2,(H,51,58)(H,52,59)(H,53,60)(H,54,61)(H,62,63)(H2,66,67,68)/t38-,39-,40-,41-/m1/s1. The molecule has 0 aliphatic heterocycles. The number of carbonyl (C=O) groups is 5. The molecule has 0 aliphatic carbocycles. The lowest BCUT2D eigenvalue weighted by Crippen LogP contribution is -2.59. The molecule has 8 N–H and O–H groups in total. The van der Waals surface area contributed by atoms with Gasteiger partial charge < -0.3 is 36.2 Å². The van der Waals surface area contributed by atoms with Crippen molar-refractivity contribution in [2.24, 2.45) is 0 Å². The molecule has 0 radical (unpaired) electrons. The lowest BCUT2D eigenvalue weighted by atomic mass is 9.99. The van der Waals surface area contributed by atoms with Gasteiger partial charge in [-0.25, -0.2) is 14.0 Å². The van der Waals surface area contributed by atoms with Crippen LogP contribution < -0.4 is 31.1 Å². The molecule has 22 heteroatoms. The lowest BCUT2D eigenvalue weighted by molar-refractivity contribution is -0.383. The molecular formula is C49H47N8O13P. The van der Waals surface area contributed by atoms with Gasteiger partial charge in [0.05, 0.1) is 10.6 Å². The fourth-order valence-electron chi connectivity index (χ4n) is 7.73. The first-order chi connectivity index (χ1) is 34.1. The van der Waals surface area contributed by atoms with Crippen molar-refractivity contribution in [2.75, 3.05) is 11.9 Å². The number of hydrogen-bond acceptors (Lipinski definition) is 13. The quantitative estimate of drug-likeness (QED) is 0.0248. The Kier molecular flexibility index (Phi) is 16.4. The van der Waals surface area contributed by atoms with Gasteiger partial charge in [-0.3, -0.25) is 39.1 Å². The van der Waals surface area contributed by atoms with Crippen LogP contribution in [0.2, 0.25) is 0 Å². The van der Waals surface area contributed by atoms with Crippen LogP contribution in [0.4, 0.5) is 11.4 Å². The van der Waals surface area contributed by atoms with Crippen molar-refractivity contribution in [3.63, 3.8) is 0 Å². The largest absolute Gasteiger partial charge is 0.524 e. The van der Waals surface area contributed by atoms with E-state index >= 15 is 0 Å². The average molecular weight is 987 g/mol. The highest BCUT2D eigenvalue weighted by atomic mass is 31.2. The number of nitro groups is 1. The Hall–Kier alpha value is -8.52. The normalized spacial score (nSPS) is 13.0. The summed E-state index contributed by atoms with van der Waals surface area (Å²) >= 11 is 0. The molecule has 0 saturated carbocycles. The number of aliphatic carboxylic acids is 1. The summed E-state index contributed by atoms with van der Waals surface area (Å²) in [6.45, 7) is 0.00316. The number of carboxylic acid groups (broad SMARTS) is 1. The van der Waals surface area contributed by atoms with Gasteiger partial charge in [0.15, 0.2) is 5.52 Å². The molecule has 7 rings (SSSR count). The van der Waals surface area contributed by atoms with Gasteiger partial charge in [-0.2, -0.15) is 0 Å². The number of non-ortho nitro benzene ring substituents is 1. The zero-order chi connectivity index (χ0) is 50.5. The Labute approximate surface area is 404 Å². The lowest BCUT2D eigenvalue weighted by Gasteiger charge is -2.26. The third kappa shape index (κ3) is 14.3. The highest BCUT2D eigenvalue weighted by Crippen LogP contribution is 2.37. The van der Waals surface area contributed by atoms with Crippen molar-refractivity contribution in [3.8, 4) is 5.75 Å². The number of carboxylic acids is 1. The molecular weight excluding hydrogens is 940 g/mol. The monoisotopic (exact) mass is 986 g/mol. The minimum Gasteiger partial charge on any atom is -0.480 e. The van der Waals surface area contributed by atoms with Crippen molar-refractivity contribution >= 4 is 70.6 Å². The Balaban J connectivity index is 1.11. The third-order valence-corrected chi connectivity index (χ3v) is 11.6. The van der Waals surface area contributed by atoms with Crippen molar-refractivity contribution in [3.05, 3.63) is 172 Å². The van der Waals surface area contributed by atoms with Crippen LogP contribution in [0.15, 0.2) is 144 Å². The van der Waals surface area contributed by atoms with Gasteiger partial charge >= 0.3 is 19.5 Å². The van der Waals surface area contributed by atoms with Crippen LogP contribution in [0.5, 0.6) is 5.75 Å². The van der Waals surface area contributed by atoms with Gasteiger partial charge in [0.25, 0.3) is 0 Å². The maximum atomic E-state index is 14.6. The summed E-state index contributed by atoms with van der Waals surface area (Å²) in [7, 11) is -4.85.